The van der Waals surface area contributed by atoms with E-state index in [2.05, 4.69) is 95.5 Å². The molecule has 0 radical (unpaired) electrons. The second-order valence-electron chi connectivity index (χ2n) is 6.31. The van der Waals surface area contributed by atoms with Crippen LogP contribution in [0.1, 0.15) is 25.8 Å². The Balaban J connectivity index is 1.55. The Morgan fingerprint density at radius 3 is 2.58 bits per heavy atom. The number of aromatic amines is 1. The van der Waals surface area contributed by atoms with Crippen molar-refractivity contribution in [3.63, 3.8) is 0 Å². The van der Waals surface area contributed by atoms with Gasteiger partial charge in [0, 0.05) is 40.7 Å². The topological polar surface area (TPSA) is 39.8 Å². The van der Waals surface area contributed by atoms with Crippen molar-refractivity contribution in [1.29, 1.82) is 0 Å². The van der Waals surface area contributed by atoms with Gasteiger partial charge in [0.25, 0.3) is 0 Å². The molecule has 0 aliphatic heterocycles. The first kappa shape index (κ1) is 17.9. The molecular formula is C23H27N3. The molecule has 3 rings (SSSR count). The van der Waals surface area contributed by atoms with Gasteiger partial charge in [0.15, 0.2) is 0 Å². The number of aromatic nitrogens is 1. The van der Waals surface area contributed by atoms with Gasteiger partial charge in [0.05, 0.1) is 0 Å². The molecular weight excluding hydrogens is 318 g/mol. The number of rotatable bonds is 8. The first-order chi connectivity index (χ1) is 12.8. The molecule has 0 fully saturated rings. The number of hydrogen-bond donors (Lipinski definition) is 3. The van der Waals surface area contributed by atoms with E-state index in [1.807, 2.05) is 6.92 Å². The zero-order valence-electron chi connectivity index (χ0n) is 15.5. The third-order valence-corrected chi connectivity index (χ3v) is 4.34. The molecule has 1 aromatic heterocycles. The van der Waals surface area contributed by atoms with Crippen molar-refractivity contribution in [1.82, 2.24) is 4.98 Å². The third kappa shape index (κ3) is 4.57. The van der Waals surface area contributed by atoms with Crippen molar-refractivity contribution in [3.8, 4) is 0 Å². The number of benzene rings is 2. The molecule has 2 aromatic carbocycles. The van der Waals surface area contributed by atoms with E-state index in [-0.39, 0.29) is 0 Å². The first-order valence-corrected chi connectivity index (χ1v) is 9.29. The smallest absolute Gasteiger partial charge is 0.0456 e. The van der Waals surface area contributed by atoms with Crippen LogP contribution in [0.2, 0.25) is 0 Å². The maximum atomic E-state index is 3.51. The van der Waals surface area contributed by atoms with Crippen LogP contribution in [0.5, 0.6) is 0 Å². The number of hydrogen-bond acceptors (Lipinski definition) is 2. The quantitative estimate of drug-likeness (QED) is 0.431. The lowest BCUT2D eigenvalue weighted by molar-refractivity contribution is 1.03. The molecule has 0 saturated heterocycles. The SMILES string of the molecule is C/C=C\C(=C/CC)Nc1ccc(NCCc2c[nH]c3ccccc23)cc1. The average molecular weight is 345 g/mol. The summed E-state index contributed by atoms with van der Waals surface area (Å²) in [6.07, 6.45) is 10.5. The zero-order valence-corrected chi connectivity index (χ0v) is 15.5. The lowest BCUT2D eigenvalue weighted by Gasteiger charge is -2.10. The minimum Gasteiger partial charge on any atom is -0.385 e. The van der Waals surface area contributed by atoms with Gasteiger partial charge in [-0.05, 0) is 61.7 Å². The van der Waals surface area contributed by atoms with E-state index in [1.165, 1.54) is 16.5 Å². The fourth-order valence-corrected chi connectivity index (χ4v) is 3.08. The number of nitrogens with one attached hydrogen (secondary N) is 3. The van der Waals surface area contributed by atoms with Gasteiger partial charge in [-0.3, -0.25) is 0 Å². The van der Waals surface area contributed by atoms with Crippen LogP contribution in [0.4, 0.5) is 11.4 Å². The lowest BCUT2D eigenvalue weighted by Crippen LogP contribution is -2.04. The molecule has 0 unspecified atom stereocenters. The lowest BCUT2D eigenvalue weighted by atomic mass is 10.1. The maximum absolute atomic E-state index is 3.51. The van der Waals surface area contributed by atoms with E-state index >= 15 is 0 Å². The Morgan fingerprint density at radius 2 is 1.81 bits per heavy atom. The van der Waals surface area contributed by atoms with E-state index in [0.717, 1.165) is 36.5 Å². The molecule has 0 saturated carbocycles. The van der Waals surface area contributed by atoms with E-state index in [0.29, 0.717) is 0 Å². The Labute approximate surface area is 155 Å². The summed E-state index contributed by atoms with van der Waals surface area (Å²) in [5, 5.41) is 8.27. The fourth-order valence-electron chi connectivity index (χ4n) is 3.08. The number of allylic oxidation sites excluding steroid dienone is 3. The molecule has 0 amide bonds. The molecule has 0 atom stereocenters. The molecule has 0 spiro atoms. The fraction of sp³-hybridized carbons (Fsp3) is 0.217. The normalized spacial score (nSPS) is 12.0. The molecule has 134 valence electrons. The van der Waals surface area contributed by atoms with Crippen LogP contribution in [-0.2, 0) is 6.42 Å². The van der Waals surface area contributed by atoms with Crippen LogP contribution < -0.4 is 10.6 Å². The summed E-state index contributed by atoms with van der Waals surface area (Å²) in [6, 6.07) is 16.9. The molecule has 0 aliphatic carbocycles. The van der Waals surface area contributed by atoms with E-state index in [1.54, 1.807) is 0 Å². The van der Waals surface area contributed by atoms with Gasteiger partial charge in [-0.25, -0.2) is 0 Å². The molecule has 1 heterocycles. The van der Waals surface area contributed by atoms with Gasteiger partial charge in [-0.2, -0.15) is 0 Å². The van der Waals surface area contributed by atoms with Crippen molar-refractivity contribution in [2.45, 2.75) is 26.7 Å². The van der Waals surface area contributed by atoms with E-state index < -0.39 is 0 Å². The predicted octanol–water partition coefficient (Wildman–Crippen LogP) is 6.10. The molecule has 3 heteroatoms. The van der Waals surface area contributed by atoms with Crippen molar-refractivity contribution in [2.75, 3.05) is 17.2 Å². The largest absolute Gasteiger partial charge is 0.385 e. The van der Waals surface area contributed by atoms with Gasteiger partial charge in [-0.1, -0.05) is 37.3 Å². The van der Waals surface area contributed by atoms with Crippen molar-refractivity contribution >= 4 is 22.3 Å². The highest BCUT2D eigenvalue weighted by Gasteiger charge is 2.02. The van der Waals surface area contributed by atoms with Gasteiger partial charge < -0.3 is 15.6 Å². The van der Waals surface area contributed by atoms with E-state index in [4.69, 9.17) is 0 Å². The van der Waals surface area contributed by atoms with Crippen LogP contribution >= 0.6 is 0 Å². The highest BCUT2D eigenvalue weighted by molar-refractivity contribution is 5.83. The minimum absolute atomic E-state index is 0.911. The Morgan fingerprint density at radius 1 is 1.04 bits per heavy atom. The van der Waals surface area contributed by atoms with E-state index in [9.17, 15) is 0 Å². The predicted molar refractivity (Wildman–Crippen MR) is 114 cm³/mol. The van der Waals surface area contributed by atoms with Crippen molar-refractivity contribution in [3.05, 3.63) is 84.2 Å². The van der Waals surface area contributed by atoms with Gasteiger partial charge >= 0.3 is 0 Å². The molecule has 3 nitrogen and oxygen atoms in total. The Bertz CT molecular complexity index is 885. The zero-order chi connectivity index (χ0) is 18.2. The maximum Gasteiger partial charge on any atom is 0.0456 e. The van der Waals surface area contributed by atoms with Crippen LogP contribution in [0.15, 0.2) is 78.7 Å². The monoisotopic (exact) mass is 345 g/mol. The number of H-pyrrole nitrogens is 1. The summed E-state index contributed by atoms with van der Waals surface area (Å²) >= 11 is 0. The average Bonchev–Trinajstić information content (AvgIpc) is 3.07. The van der Waals surface area contributed by atoms with Crippen LogP contribution in [-0.4, -0.2) is 11.5 Å². The molecule has 0 aliphatic rings. The van der Waals surface area contributed by atoms with Crippen LogP contribution in [0, 0.1) is 0 Å². The summed E-state index contributed by atoms with van der Waals surface area (Å²) < 4.78 is 0. The standard InChI is InChI=1S/C23H27N3/c1-3-7-20(8-4-2)26-21-13-11-19(12-14-21)24-16-15-18-17-25-23-10-6-5-9-22(18)23/h3,5-14,17,24-26H,4,15-16H2,1-2H3/b7-3-,20-8+. The van der Waals surface area contributed by atoms with Gasteiger partial charge in [0.1, 0.15) is 0 Å². The summed E-state index contributed by atoms with van der Waals surface area (Å²) in [7, 11) is 0. The van der Waals surface area contributed by atoms with Crippen molar-refractivity contribution < 1.29 is 0 Å². The summed E-state index contributed by atoms with van der Waals surface area (Å²) in [5.41, 5.74) is 5.93. The summed E-state index contributed by atoms with van der Waals surface area (Å²) in [5.74, 6) is 0. The number of para-hydroxylation sites is 1. The highest BCUT2D eigenvalue weighted by atomic mass is 14.9. The molecule has 0 bridgehead atoms. The minimum atomic E-state index is 0.911. The second-order valence-corrected chi connectivity index (χ2v) is 6.31. The second kappa shape index (κ2) is 8.95. The number of fused-ring (bicyclic) bond motifs is 1. The molecule has 3 N–H and O–H groups in total. The molecule has 26 heavy (non-hydrogen) atoms. The van der Waals surface area contributed by atoms with Gasteiger partial charge in [0.2, 0.25) is 0 Å². The van der Waals surface area contributed by atoms with Crippen molar-refractivity contribution in [2.24, 2.45) is 0 Å². The highest BCUT2D eigenvalue weighted by Crippen LogP contribution is 2.19. The first-order valence-electron chi connectivity index (χ1n) is 9.29. The van der Waals surface area contributed by atoms with Gasteiger partial charge in [-0.15, -0.1) is 0 Å². The molecule has 3 aromatic rings. The third-order valence-electron chi connectivity index (χ3n) is 4.34. The Kier molecular flexibility index (Phi) is 6.15. The summed E-state index contributed by atoms with van der Waals surface area (Å²) in [4.78, 5) is 3.34. The van der Waals surface area contributed by atoms with Crippen LogP contribution in [0.3, 0.4) is 0 Å². The Hall–Kier alpha value is -2.94. The summed E-state index contributed by atoms with van der Waals surface area (Å²) in [6.45, 7) is 5.09. The van der Waals surface area contributed by atoms with Crippen LogP contribution in [0.25, 0.3) is 10.9 Å². The number of anilines is 2.